The molecule has 0 bridgehead atoms. The first-order valence-corrected chi connectivity index (χ1v) is 10.8. The van der Waals surface area contributed by atoms with Crippen molar-refractivity contribution in [3.63, 3.8) is 0 Å². The summed E-state index contributed by atoms with van der Waals surface area (Å²) in [4.78, 5) is 26.7. The molecule has 3 N–H and O–H groups in total. The number of benzene rings is 2. The first kappa shape index (κ1) is 21.2. The predicted octanol–water partition coefficient (Wildman–Crippen LogP) is 4.02. The molecule has 2 aliphatic rings. The minimum Gasteiger partial charge on any atom is -0.493 e. The van der Waals surface area contributed by atoms with Crippen LogP contribution in [0.25, 0.3) is 0 Å². The number of hydrogen-bond acceptors (Lipinski definition) is 5. The number of nitrogens with zero attached hydrogens (tertiary/aromatic N) is 1. The van der Waals surface area contributed by atoms with Crippen LogP contribution in [0.4, 0.5) is 10.5 Å². The largest absolute Gasteiger partial charge is 0.493 e. The highest BCUT2D eigenvalue weighted by molar-refractivity contribution is 6.03. The van der Waals surface area contributed by atoms with Gasteiger partial charge in [0.25, 0.3) is 0 Å². The summed E-state index contributed by atoms with van der Waals surface area (Å²) in [5.74, 6) is 1.12. The summed E-state index contributed by atoms with van der Waals surface area (Å²) in [7, 11) is 1.63. The first-order valence-electron chi connectivity index (χ1n) is 10.8. The van der Waals surface area contributed by atoms with Crippen LogP contribution in [0, 0.1) is 0 Å². The van der Waals surface area contributed by atoms with Crippen LogP contribution in [-0.4, -0.2) is 36.6 Å². The third-order valence-corrected chi connectivity index (χ3v) is 6.10. The van der Waals surface area contributed by atoms with Crippen LogP contribution in [-0.2, 0) is 11.3 Å². The van der Waals surface area contributed by atoms with Crippen molar-refractivity contribution in [2.45, 2.75) is 50.7 Å². The molecule has 3 amide bonds. The molecule has 2 aromatic rings. The Balaban J connectivity index is 1.47. The average Bonchev–Trinajstić information content (AvgIpc) is 3.43. The van der Waals surface area contributed by atoms with Crippen LogP contribution in [0.1, 0.15) is 49.1 Å². The monoisotopic (exact) mass is 423 g/mol. The van der Waals surface area contributed by atoms with Gasteiger partial charge in [-0.25, -0.2) is 4.79 Å². The van der Waals surface area contributed by atoms with Crippen LogP contribution in [0.2, 0.25) is 0 Å². The number of methoxy groups -OCH3 is 1. The van der Waals surface area contributed by atoms with Gasteiger partial charge in [-0.1, -0.05) is 24.3 Å². The van der Waals surface area contributed by atoms with Crippen molar-refractivity contribution in [1.29, 1.82) is 0 Å². The van der Waals surface area contributed by atoms with Crippen LogP contribution in [0.15, 0.2) is 42.5 Å². The number of nitrogens with one attached hydrogen (secondary N) is 1. The number of urea groups is 1. The smallest absolute Gasteiger partial charge is 0.328 e. The highest BCUT2D eigenvalue weighted by Gasteiger charge is 2.35. The summed E-state index contributed by atoms with van der Waals surface area (Å²) in [6.07, 6.45) is 4.95. The van der Waals surface area contributed by atoms with Crippen molar-refractivity contribution in [3.05, 3.63) is 53.6 Å². The second-order valence-electron chi connectivity index (χ2n) is 8.13. The molecule has 1 aliphatic carbocycles. The van der Waals surface area contributed by atoms with Gasteiger partial charge in [0, 0.05) is 31.1 Å². The number of amides is 3. The lowest BCUT2D eigenvalue weighted by atomic mass is 9.98. The quantitative estimate of drug-likeness (QED) is 0.732. The minimum absolute atomic E-state index is 0.0835. The Morgan fingerprint density at radius 2 is 1.94 bits per heavy atom. The van der Waals surface area contributed by atoms with Gasteiger partial charge < -0.3 is 20.5 Å². The van der Waals surface area contributed by atoms with E-state index in [1.165, 1.54) is 17.7 Å². The molecule has 0 radical (unpaired) electrons. The van der Waals surface area contributed by atoms with Crippen LogP contribution < -0.4 is 20.5 Å². The van der Waals surface area contributed by atoms with Crippen molar-refractivity contribution >= 4 is 17.6 Å². The van der Waals surface area contributed by atoms with E-state index < -0.39 is 6.03 Å². The topological polar surface area (TPSA) is 93.9 Å². The Labute approximate surface area is 182 Å². The Hall–Kier alpha value is -3.06. The van der Waals surface area contributed by atoms with Crippen molar-refractivity contribution < 1.29 is 19.1 Å². The van der Waals surface area contributed by atoms with E-state index in [-0.39, 0.29) is 24.3 Å². The molecule has 7 nitrogen and oxygen atoms in total. The number of likely N-dealkylation sites (tertiary alicyclic amines) is 1. The maximum absolute atomic E-state index is 12.8. The van der Waals surface area contributed by atoms with E-state index in [1.807, 2.05) is 36.4 Å². The minimum atomic E-state index is -0.427. The van der Waals surface area contributed by atoms with Gasteiger partial charge in [0.05, 0.1) is 13.2 Å². The molecular formula is C24H29N3O4. The van der Waals surface area contributed by atoms with Crippen molar-refractivity contribution in [3.8, 4) is 11.5 Å². The zero-order valence-corrected chi connectivity index (χ0v) is 17.8. The maximum atomic E-state index is 12.8. The van der Waals surface area contributed by atoms with E-state index in [2.05, 4.69) is 5.32 Å². The summed E-state index contributed by atoms with van der Waals surface area (Å²) >= 11 is 0. The van der Waals surface area contributed by atoms with Gasteiger partial charge in [-0.2, -0.15) is 0 Å². The summed E-state index contributed by atoms with van der Waals surface area (Å²) in [6, 6.07) is 12.7. The molecule has 164 valence electrons. The van der Waals surface area contributed by atoms with E-state index >= 15 is 0 Å². The maximum Gasteiger partial charge on any atom is 0.328 e. The second-order valence-corrected chi connectivity index (χ2v) is 8.13. The molecular weight excluding hydrogens is 394 g/mol. The molecule has 1 atom stereocenters. The lowest BCUT2D eigenvalue weighted by molar-refractivity contribution is -0.125. The van der Waals surface area contributed by atoms with Gasteiger partial charge in [0.15, 0.2) is 11.5 Å². The van der Waals surface area contributed by atoms with Crippen molar-refractivity contribution in [2.24, 2.45) is 5.73 Å². The zero-order valence-electron chi connectivity index (χ0n) is 17.8. The third-order valence-electron chi connectivity index (χ3n) is 6.10. The van der Waals surface area contributed by atoms with Gasteiger partial charge in [-0.3, -0.25) is 9.69 Å². The normalized spacial score (nSPS) is 19.0. The summed E-state index contributed by atoms with van der Waals surface area (Å²) in [6.45, 7) is 0.632. The van der Waals surface area contributed by atoms with Gasteiger partial charge in [0.2, 0.25) is 5.91 Å². The molecule has 4 rings (SSSR count). The molecule has 0 aromatic heterocycles. The number of nitrogens with two attached hydrogens (primary N) is 1. The number of ether oxygens (including phenoxy) is 2. The highest BCUT2D eigenvalue weighted by atomic mass is 16.5. The molecule has 31 heavy (non-hydrogen) atoms. The van der Waals surface area contributed by atoms with Gasteiger partial charge in [-0.15, -0.1) is 0 Å². The summed E-state index contributed by atoms with van der Waals surface area (Å²) in [5, 5.41) is 2.83. The van der Waals surface area contributed by atoms with E-state index in [0.29, 0.717) is 30.3 Å². The van der Waals surface area contributed by atoms with Crippen LogP contribution >= 0.6 is 0 Å². The Morgan fingerprint density at radius 1 is 1.16 bits per heavy atom. The van der Waals surface area contributed by atoms with Gasteiger partial charge in [-0.05, 0) is 55.0 Å². The molecule has 7 heteroatoms. The summed E-state index contributed by atoms with van der Waals surface area (Å²) in [5.41, 5.74) is 8.17. The fourth-order valence-electron chi connectivity index (χ4n) is 4.36. The van der Waals surface area contributed by atoms with E-state index in [1.54, 1.807) is 13.2 Å². The Bertz CT molecular complexity index is 956. The fourth-order valence-corrected chi connectivity index (χ4v) is 4.36. The van der Waals surface area contributed by atoms with Gasteiger partial charge >= 0.3 is 6.03 Å². The number of imide groups is 1. The van der Waals surface area contributed by atoms with Crippen molar-refractivity contribution in [2.75, 3.05) is 19.0 Å². The lowest BCUT2D eigenvalue weighted by Gasteiger charge is -2.19. The van der Waals surface area contributed by atoms with E-state index in [9.17, 15) is 9.59 Å². The molecule has 1 saturated heterocycles. The summed E-state index contributed by atoms with van der Waals surface area (Å²) < 4.78 is 11.7. The van der Waals surface area contributed by atoms with Gasteiger partial charge in [0.1, 0.15) is 0 Å². The van der Waals surface area contributed by atoms with E-state index in [0.717, 1.165) is 24.0 Å². The van der Waals surface area contributed by atoms with E-state index in [4.69, 9.17) is 15.2 Å². The standard InChI is InChI=1S/C24H29N3O4/c1-30-21-11-10-16(12-22(21)31-19-7-3-4-8-19)18-13-23(28)27(15-18)24(29)26-20-9-5-2-6-17(20)14-25/h2,5-6,9-12,18-19H,3-4,7-8,13-15,25H2,1H3,(H,26,29)/t18-/m0/s1. The second kappa shape index (κ2) is 9.39. The molecule has 1 heterocycles. The molecule has 0 spiro atoms. The number of carbonyl (C=O) groups excluding carboxylic acids is 2. The molecule has 0 unspecified atom stereocenters. The Morgan fingerprint density at radius 3 is 2.68 bits per heavy atom. The molecule has 1 aliphatic heterocycles. The number of hydrogen-bond donors (Lipinski definition) is 2. The zero-order chi connectivity index (χ0) is 21.8. The lowest BCUT2D eigenvalue weighted by Crippen LogP contribution is -2.36. The molecule has 2 aromatic carbocycles. The highest BCUT2D eigenvalue weighted by Crippen LogP contribution is 2.37. The first-order chi connectivity index (χ1) is 15.1. The SMILES string of the molecule is COc1ccc([C@H]2CC(=O)N(C(=O)Nc3ccccc3CN)C2)cc1OC1CCCC1. The van der Waals surface area contributed by atoms with Crippen molar-refractivity contribution in [1.82, 2.24) is 4.90 Å². The number of para-hydroxylation sites is 1. The molecule has 1 saturated carbocycles. The fraction of sp³-hybridized carbons (Fsp3) is 0.417. The number of anilines is 1. The molecule has 2 fully saturated rings. The predicted molar refractivity (Wildman–Crippen MR) is 118 cm³/mol. The third kappa shape index (κ3) is 4.66. The number of carbonyl (C=O) groups is 2. The number of rotatable bonds is 6. The van der Waals surface area contributed by atoms with Crippen LogP contribution in [0.5, 0.6) is 11.5 Å². The van der Waals surface area contributed by atoms with Crippen LogP contribution in [0.3, 0.4) is 0 Å². The average molecular weight is 424 g/mol. The Kier molecular flexibility index (Phi) is 6.42.